The van der Waals surface area contributed by atoms with Crippen LogP contribution in [0, 0.1) is 10.8 Å². The van der Waals surface area contributed by atoms with Crippen LogP contribution in [0.3, 0.4) is 0 Å². The van der Waals surface area contributed by atoms with Gasteiger partial charge in [0.1, 0.15) is 12.7 Å². The molecule has 4 aromatic carbocycles. The molecule has 0 bridgehead atoms. The molecule has 4 heterocycles. The third-order valence-electron chi connectivity index (χ3n) is 10.2. The Morgan fingerprint density at radius 2 is 0.841 bits per heavy atom. The highest BCUT2D eigenvalue weighted by molar-refractivity contribution is 9.10. The molecule has 16 heteroatoms. The van der Waals surface area contributed by atoms with E-state index >= 15 is 0 Å². The molecule has 0 spiro atoms. The number of nitrogens with zero attached hydrogens (tertiary/aromatic N) is 9. The molecule has 0 radical (unpaired) electrons. The van der Waals surface area contributed by atoms with Gasteiger partial charge in [-0.3, -0.25) is 4.39 Å². The van der Waals surface area contributed by atoms with E-state index in [0.29, 0.717) is 19.1 Å². The molecule has 0 unspecified atom stereocenters. The molecule has 8 rings (SSSR count). The van der Waals surface area contributed by atoms with E-state index < -0.39 is 0 Å². The fraction of sp³-hybridized carbons (Fsp3) is 0.404. The van der Waals surface area contributed by atoms with Crippen molar-refractivity contribution in [3.05, 3.63) is 140 Å². The summed E-state index contributed by atoms with van der Waals surface area (Å²) < 4.78 is 16.4. The number of alkyl halides is 2. The van der Waals surface area contributed by atoms with E-state index in [4.69, 9.17) is 0 Å². The van der Waals surface area contributed by atoms with Gasteiger partial charge in [-0.15, -0.1) is 0 Å². The molecule has 2 aliphatic heterocycles. The normalized spacial score (nSPS) is 14.2. The number of benzene rings is 4. The molecule has 6 aromatic rings. The van der Waals surface area contributed by atoms with Gasteiger partial charge in [0.15, 0.2) is 0 Å². The summed E-state index contributed by atoms with van der Waals surface area (Å²) in [6, 6.07) is 33.2. The second kappa shape index (κ2) is 22.8. The van der Waals surface area contributed by atoms with Crippen molar-refractivity contribution in [1.82, 2.24) is 29.1 Å². The number of piperazine rings is 2. The van der Waals surface area contributed by atoms with Gasteiger partial charge < -0.3 is 19.6 Å². The van der Waals surface area contributed by atoms with Gasteiger partial charge in [0, 0.05) is 89.4 Å². The van der Waals surface area contributed by atoms with Crippen LogP contribution in [0.1, 0.15) is 41.5 Å². The van der Waals surface area contributed by atoms with Crippen molar-refractivity contribution in [2.75, 3.05) is 84.5 Å². The molecule has 2 saturated heterocycles. The molecule has 2 fully saturated rings. The van der Waals surface area contributed by atoms with E-state index in [2.05, 4.69) is 197 Å². The quantitative estimate of drug-likeness (QED) is 0.158. The number of hydrogen-bond acceptors (Lipinski definition) is 8. The topological polar surface area (TPSA) is 103 Å². The maximum atomic E-state index is 12.7. The summed E-state index contributed by atoms with van der Waals surface area (Å²) in [5, 5.41) is 11.5. The summed E-state index contributed by atoms with van der Waals surface area (Å²) >= 11 is 10.3. The van der Waals surface area contributed by atoms with Crippen molar-refractivity contribution in [3.63, 3.8) is 0 Å². The van der Waals surface area contributed by atoms with Crippen LogP contribution in [0.2, 0.25) is 0 Å². The Labute approximate surface area is 396 Å². The van der Waals surface area contributed by atoms with Crippen molar-refractivity contribution >= 4 is 70.5 Å². The van der Waals surface area contributed by atoms with Crippen molar-refractivity contribution in [3.8, 4) is 11.4 Å². The van der Waals surface area contributed by atoms with Crippen LogP contribution in [0.25, 0.3) is 11.4 Å². The van der Waals surface area contributed by atoms with Gasteiger partial charge in [0.25, 0.3) is 0 Å². The second-order valence-electron chi connectivity index (χ2n) is 17.7. The van der Waals surface area contributed by atoms with Crippen LogP contribution in [0.5, 0.6) is 0 Å². The number of rotatable bonds is 7. The minimum absolute atomic E-state index is 0.00522. The average molecular weight is 1060 g/mol. The first-order valence-corrected chi connectivity index (χ1v) is 23.7. The van der Waals surface area contributed by atoms with Crippen LogP contribution in [-0.2, 0) is 6.54 Å². The number of aromatic amines is 1. The molecule has 338 valence electrons. The maximum Gasteiger partial charge on any atom is 0.350 e. The molecule has 1 N–H and O–H groups in total. The summed E-state index contributed by atoms with van der Waals surface area (Å²) in [6.07, 6.45) is 3.11. The van der Waals surface area contributed by atoms with Crippen LogP contribution >= 0.6 is 47.8 Å². The van der Waals surface area contributed by atoms with E-state index in [-0.39, 0.29) is 16.8 Å². The number of nitrogens with one attached hydrogen (secondary N) is 1. The molecule has 2 aromatic heterocycles. The fourth-order valence-electron chi connectivity index (χ4n) is 6.90. The van der Waals surface area contributed by atoms with Crippen LogP contribution in [-0.4, -0.2) is 94.0 Å². The Balaban J connectivity index is 0.000000206. The Hall–Kier alpha value is -4.67. The second-order valence-corrected chi connectivity index (χ2v) is 20.1. The Morgan fingerprint density at radius 1 is 0.524 bits per heavy atom. The zero-order valence-corrected chi connectivity index (χ0v) is 42.1. The molecule has 0 saturated carbocycles. The Kier molecular flexibility index (Phi) is 17.9. The highest BCUT2D eigenvalue weighted by Crippen LogP contribution is 2.25. The number of hydrogen-bond donors (Lipinski definition) is 1. The molecule has 2 aliphatic rings. The van der Waals surface area contributed by atoms with Crippen LogP contribution in [0.15, 0.2) is 128 Å². The van der Waals surface area contributed by atoms with Gasteiger partial charge in [-0.2, -0.15) is 10.2 Å². The SMILES string of the molecule is CC(C)(C)CBr.CC(C)(C)Cn1ncn(-c2ccc(N3CCN(c4ccc(Br)cc4)CC3)cc2)c1=O.CF.O=c1[nH]ncn1-c1ccc(N2CCN(c3ccc(Br)cc3)CC2)cc1. The summed E-state index contributed by atoms with van der Waals surface area (Å²) in [5.41, 5.74) is 6.69. The summed E-state index contributed by atoms with van der Waals surface area (Å²) in [5.74, 6) is 0. The zero-order chi connectivity index (χ0) is 45.7. The van der Waals surface area contributed by atoms with E-state index in [1.54, 1.807) is 10.9 Å². The minimum Gasteiger partial charge on any atom is -0.368 e. The van der Waals surface area contributed by atoms with Gasteiger partial charge >= 0.3 is 11.4 Å². The van der Waals surface area contributed by atoms with Crippen LogP contribution < -0.4 is 31.0 Å². The lowest BCUT2D eigenvalue weighted by Crippen LogP contribution is -2.46. The molecular weight excluding hydrogens is 995 g/mol. The summed E-state index contributed by atoms with van der Waals surface area (Å²) in [7, 11) is 0.500. The number of halogens is 4. The molecule has 0 atom stereocenters. The lowest BCUT2D eigenvalue weighted by Gasteiger charge is -2.37. The monoisotopic (exact) mass is 1050 g/mol. The number of aromatic nitrogens is 6. The first-order chi connectivity index (χ1) is 30.1. The molecule has 63 heavy (non-hydrogen) atoms. The molecule has 12 nitrogen and oxygen atoms in total. The van der Waals surface area contributed by atoms with Gasteiger partial charge in [-0.05, 0) is 108 Å². The first-order valence-electron chi connectivity index (χ1n) is 21.0. The maximum absolute atomic E-state index is 12.7. The molecule has 0 amide bonds. The van der Waals surface area contributed by atoms with E-state index in [1.165, 1.54) is 38.3 Å². The Bertz CT molecular complexity index is 2390. The lowest BCUT2D eigenvalue weighted by molar-refractivity contribution is 0.319. The van der Waals surface area contributed by atoms with Gasteiger partial charge in [-0.1, -0.05) is 89.3 Å². The number of H-pyrrole nitrogens is 1. The van der Waals surface area contributed by atoms with Crippen molar-refractivity contribution in [1.29, 1.82) is 0 Å². The summed E-state index contributed by atoms with van der Waals surface area (Å²) in [4.78, 5) is 33.9. The van der Waals surface area contributed by atoms with Crippen molar-refractivity contribution in [2.45, 2.75) is 48.1 Å². The van der Waals surface area contributed by atoms with E-state index in [1.807, 2.05) is 24.3 Å². The van der Waals surface area contributed by atoms with Crippen molar-refractivity contribution in [2.24, 2.45) is 10.8 Å². The zero-order valence-electron chi connectivity index (χ0n) is 37.3. The van der Waals surface area contributed by atoms with Gasteiger partial charge in [0.2, 0.25) is 0 Å². The third-order valence-corrected chi connectivity index (χ3v) is 13.0. The van der Waals surface area contributed by atoms with Gasteiger partial charge in [0.05, 0.1) is 25.1 Å². The summed E-state index contributed by atoms with van der Waals surface area (Å²) in [6.45, 7) is 21.3. The predicted molar refractivity (Wildman–Crippen MR) is 269 cm³/mol. The van der Waals surface area contributed by atoms with Crippen LogP contribution in [0.4, 0.5) is 27.1 Å². The Morgan fingerprint density at radius 3 is 1.14 bits per heavy atom. The molecule has 0 aliphatic carbocycles. The standard InChI is InChI=1S/C23H28BrN5O.C18H18BrN5O.C5H11Br.CH3F/c1-23(2,3)16-29-22(30)28(17-25-29)21-10-8-20(9-11-21)27-14-12-26(13-15-27)19-6-4-18(24)5-7-19;19-14-1-3-15(4-2-14)22-9-11-23(12-10-22)16-5-7-17(8-6-16)24-13-20-21-18(24)25;1-5(2,3)4-6;1-2/h4-11,17H,12-16H2,1-3H3;1-8,13H,9-12H2,(H,21,25);4H2,1-3H3;1H3. The smallest absolute Gasteiger partial charge is 0.350 e. The third kappa shape index (κ3) is 14.4. The number of anilines is 4. The van der Waals surface area contributed by atoms with E-state index in [0.717, 1.165) is 78.0 Å². The minimum atomic E-state index is -0.226. The molecular formula is C47H60Br3FN10O2. The first kappa shape index (κ1) is 49.3. The highest BCUT2D eigenvalue weighted by atomic mass is 79.9. The largest absolute Gasteiger partial charge is 0.368 e. The predicted octanol–water partition coefficient (Wildman–Crippen LogP) is 9.83. The van der Waals surface area contributed by atoms with Crippen molar-refractivity contribution < 1.29 is 4.39 Å². The average Bonchev–Trinajstić information content (AvgIpc) is 3.88. The fourth-order valence-corrected chi connectivity index (χ4v) is 7.43. The highest BCUT2D eigenvalue weighted by Gasteiger charge is 2.20. The lowest BCUT2D eigenvalue weighted by atomic mass is 9.97. The van der Waals surface area contributed by atoms with Gasteiger partial charge in [-0.25, -0.2) is 28.5 Å². The van der Waals surface area contributed by atoms with E-state index in [9.17, 15) is 14.0 Å².